The minimum atomic E-state index is 0.300. The summed E-state index contributed by atoms with van der Waals surface area (Å²) in [5, 5.41) is 1.01. The van der Waals surface area contributed by atoms with Crippen LogP contribution < -0.4 is 4.74 Å². The first-order chi connectivity index (χ1) is 9.78. The van der Waals surface area contributed by atoms with E-state index in [1.165, 1.54) is 0 Å². The van der Waals surface area contributed by atoms with E-state index in [1.54, 1.807) is 12.4 Å². The van der Waals surface area contributed by atoms with E-state index in [0.717, 1.165) is 22.2 Å². The molecule has 0 aliphatic heterocycles. The maximum absolute atomic E-state index is 5.79. The van der Waals surface area contributed by atoms with E-state index in [-0.39, 0.29) is 0 Å². The van der Waals surface area contributed by atoms with Crippen molar-refractivity contribution in [1.82, 2.24) is 15.0 Å². The van der Waals surface area contributed by atoms with E-state index in [9.17, 15) is 0 Å². The number of fused-ring (bicyclic) bond motifs is 1. The lowest BCUT2D eigenvalue weighted by Crippen LogP contribution is -1.97. The van der Waals surface area contributed by atoms with Crippen molar-refractivity contribution in [3.8, 4) is 11.8 Å². The minimum Gasteiger partial charge on any atom is -0.422 e. The van der Waals surface area contributed by atoms with Gasteiger partial charge in [-0.2, -0.15) is 4.98 Å². The number of aryl methyl sites for hydroxylation is 1. The molecule has 100 valence electrons. The minimum absolute atomic E-state index is 0.300. The summed E-state index contributed by atoms with van der Waals surface area (Å²) < 4.78 is 5.74. The number of halogens is 1. The second-order valence-electron chi connectivity index (χ2n) is 4.33. The van der Waals surface area contributed by atoms with Crippen LogP contribution >= 0.6 is 11.6 Å². The van der Waals surface area contributed by atoms with Gasteiger partial charge >= 0.3 is 6.01 Å². The first-order valence-corrected chi connectivity index (χ1v) is 6.71. The van der Waals surface area contributed by atoms with Gasteiger partial charge in [0.2, 0.25) is 0 Å². The Labute approximate surface area is 121 Å². The fourth-order valence-electron chi connectivity index (χ4n) is 1.91. The quantitative estimate of drug-likeness (QED) is 0.686. The van der Waals surface area contributed by atoms with Gasteiger partial charge in [0.15, 0.2) is 5.75 Å². The molecule has 0 amide bonds. The lowest BCUT2D eigenvalue weighted by Gasteiger charge is -2.08. The number of benzene rings is 1. The lowest BCUT2D eigenvalue weighted by molar-refractivity contribution is 0.443. The SMILES string of the molecule is Cc1nc(Oc2cccc3cccnc23)ncc1CCl. The number of para-hydroxylation sites is 1. The van der Waals surface area contributed by atoms with Crippen molar-refractivity contribution >= 4 is 22.5 Å². The fraction of sp³-hybridized carbons (Fsp3) is 0.133. The number of hydrogen-bond donors (Lipinski definition) is 0. The summed E-state index contributed by atoms with van der Waals surface area (Å²) in [6.07, 6.45) is 3.42. The molecule has 0 saturated heterocycles. The lowest BCUT2D eigenvalue weighted by atomic mass is 10.2. The van der Waals surface area contributed by atoms with E-state index in [0.29, 0.717) is 17.6 Å². The highest BCUT2D eigenvalue weighted by molar-refractivity contribution is 6.17. The zero-order chi connectivity index (χ0) is 13.9. The molecule has 5 heteroatoms. The first-order valence-electron chi connectivity index (χ1n) is 6.18. The number of aromatic nitrogens is 3. The third-order valence-corrected chi connectivity index (χ3v) is 3.29. The highest BCUT2D eigenvalue weighted by atomic mass is 35.5. The van der Waals surface area contributed by atoms with Gasteiger partial charge in [0, 0.05) is 29.0 Å². The van der Waals surface area contributed by atoms with Crippen LogP contribution in [0.5, 0.6) is 11.8 Å². The van der Waals surface area contributed by atoms with Crippen LogP contribution in [0.1, 0.15) is 11.3 Å². The van der Waals surface area contributed by atoms with Gasteiger partial charge < -0.3 is 4.74 Å². The Morgan fingerprint density at radius 1 is 1.15 bits per heavy atom. The summed E-state index contributed by atoms with van der Waals surface area (Å²) in [6, 6.07) is 9.93. The second-order valence-corrected chi connectivity index (χ2v) is 4.60. The molecule has 0 spiro atoms. The number of nitrogens with zero attached hydrogens (tertiary/aromatic N) is 3. The largest absolute Gasteiger partial charge is 0.422 e. The fourth-order valence-corrected chi connectivity index (χ4v) is 2.17. The smallest absolute Gasteiger partial charge is 0.322 e. The van der Waals surface area contributed by atoms with Gasteiger partial charge in [0.25, 0.3) is 0 Å². The van der Waals surface area contributed by atoms with Crippen molar-refractivity contribution in [3.63, 3.8) is 0 Å². The van der Waals surface area contributed by atoms with Gasteiger partial charge in [-0.1, -0.05) is 18.2 Å². The monoisotopic (exact) mass is 285 g/mol. The molecule has 0 bridgehead atoms. The summed E-state index contributed by atoms with van der Waals surface area (Å²) in [5.74, 6) is 1.03. The molecule has 0 fully saturated rings. The Hall–Kier alpha value is -2.20. The van der Waals surface area contributed by atoms with E-state index < -0.39 is 0 Å². The molecule has 1 aromatic carbocycles. The van der Waals surface area contributed by atoms with E-state index in [4.69, 9.17) is 16.3 Å². The molecule has 3 rings (SSSR count). The van der Waals surface area contributed by atoms with Crippen molar-refractivity contribution in [2.45, 2.75) is 12.8 Å². The van der Waals surface area contributed by atoms with Crippen molar-refractivity contribution < 1.29 is 4.74 Å². The highest BCUT2D eigenvalue weighted by Crippen LogP contribution is 2.26. The van der Waals surface area contributed by atoms with Gasteiger partial charge in [-0.05, 0) is 19.1 Å². The molecule has 20 heavy (non-hydrogen) atoms. The molecule has 0 aliphatic carbocycles. The Morgan fingerprint density at radius 3 is 2.80 bits per heavy atom. The van der Waals surface area contributed by atoms with Gasteiger partial charge in [-0.3, -0.25) is 4.98 Å². The molecule has 0 saturated carbocycles. The number of alkyl halides is 1. The van der Waals surface area contributed by atoms with E-state index >= 15 is 0 Å². The summed E-state index contributed by atoms with van der Waals surface area (Å²) in [7, 11) is 0. The predicted octanol–water partition coefficient (Wildman–Crippen LogP) is 3.86. The van der Waals surface area contributed by atoms with Gasteiger partial charge in [-0.25, -0.2) is 4.98 Å². The van der Waals surface area contributed by atoms with Crippen LogP contribution in [0.2, 0.25) is 0 Å². The molecule has 0 N–H and O–H groups in total. The number of ether oxygens (including phenoxy) is 1. The van der Waals surface area contributed by atoms with Gasteiger partial charge in [0.05, 0.1) is 5.88 Å². The molecule has 3 aromatic rings. The number of hydrogen-bond acceptors (Lipinski definition) is 4. The molecule has 0 atom stereocenters. The standard InChI is InChI=1S/C15H12ClN3O/c1-10-12(8-16)9-18-15(19-10)20-13-6-2-4-11-5-3-7-17-14(11)13/h2-7,9H,8H2,1H3. The third kappa shape index (κ3) is 2.42. The molecule has 0 radical (unpaired) electrons. The van der Waals surface area contributed by atoms with E-state index in [2.05, 4.69) is 15.0 Å². The van der Waals surface area contributed by atoms with Crippen LogP contribution in [0.4, 0.5) is 0 Å². The van der Waals surface area contributed by atoms with Crippen molar-refractivity contribution in [2.24, 2.45) is 0 Å². The zero-order valence-electron chi connectivity index (χ0n) is 10.9. The van der Waals surface area contributed by atoms with Crippen LogP contribution in [-0.4, -0.2) is 15.0 Å². The van der Waals surface area contributed by atoms with Crippen molar-refractivity contribution in [3.05, 3.63) is 54.0 Å². The first kappa shape index (κ1) is 12.8. The average molecular weight is 286 g/mol. The Balaban J connectivity index is 1.99. The summed E-state index contributed by atoms with van der Waals surface area (Å²) in [6.45, 7) is 1.88. The zero-order valence-corrected chi connectivity index (χ0v) is 11.6. The Bertz CT molecular complexity index is 756. The Kier molecular flexibility index (Phi) is 3.48. The number of rotatable bonds is 3. The summed E-state index contributed by atoms with van der Waals surface area (Å²) in [5.41, 5.74) is 2.51. The molecule has 4 nitrogen and oxygen atoms in total. The van der Waals surface area contributed by atoms with Crippen molar-refractivity contribution in [2.75, 3.05) is 0 Å². The van der Waals surface area contributed by atoms with Gasteiger partial charge in [-0.15, -0.1) is 11.6 Å². The predicted molar refractivity (Wildman–Crippen MR) is 78.1 cm³/mol. The molecule has 0 unspecified atom stereocenters. The maximum Gasteiger partial charge on any atom is 0.322 e. The summed E-state index contributed by atoms with van der Waals surface area (Å²) >= 11 is 5.79. The maximum atomic E-state index is 5.79. The average Bonchev–Trinajstić information content (AvgIpc) is 2.48. The molecule has 0 aliphatic rings. The normalized spacial score (nSPS) is 10.7. The van der Waals surface area contributed by atoms with E-state index in [1.807, 2.05) is 37.3 Å². The Morgan fingerprint density at radius 2 is 2.00 bits per heavy atom. The molecular formula is C15H12ClN3O. The van der Waals surface area contributed by atoms with Crippen LogP contribution in [0.15, 0.2) is 42.7 Å². The molecular weight excluding hydrogens is 274 g/mol. The van der Waals surface area contributed by atoms with Crippen LogP contribution in [0.3, 0.4) is 0 Å². The topological polar surface area (TPSA) is 47.9 Å². The van der Waals surface area contributed by atoms with Crippen LogP contribution in [0, 0.1) is 6.92 Å². The molecule has 2 heterocycles. The highest BCUT2D eigenvalue weighted by Gasteiger charge is 2.08. The number of pyridine rings is 1. The summed E-state index contributed by atoms with van der Waals surface area (Å²) in [4.78, 5) is 12.8. The molecule has 2 aromatic heterocycles. The van der Waals surface area contributed by atoms with Gasteiger partial charge in [0.1, 0.15) is 5.52 Å². The van der Waals surface area contributed by atoms with Crippen molar-refractivity contribution in [1.29, 1.82) is 0 Å². The van der Waals surface area contributed by atoms with Crippen LogP contribution in [0.25, 0.3) is 10.9 Å². The second kappa shape index (κ2) is 5.43. The third-order valence-electron chi connectivity index (χ3n) is 3.00. The van der Waals surface area contributed by atoms with Crippen LogP contribution in [-0.2, 0) is 5.88 Å².